The lowest BCUT2D eigenvalue weighted by molar-refractivity contribution is 0.628. The number of aromatic amines is 2. The Morgan fingerprint density at radius 1 is 0.906 bits per heavy atom. The van der Waals surface area contributed by atoms with Gasteiger partial charge in [0.1, 0.15) is 17.3 Å². The third-order valence-electron chi connectivity index (χ3n) is 6.02. The highest BCUT2D eigenvalue weighted by Crippen LogP contribution is 2.35. The number of benzene rings is 2. The Kier molecular flexibility index (Phi) is 3.98. The molecule has 0 unspecified atom stereocenters. The van der Waals surface area contributed by atoms with Crippen LogP contribution in [0.2, 0.25) is 0 Å². The Morgan fingerprint density at radius 2 is 1.81 bits per heavy atom. The Hall–Kier alpha value is -4.26. The normalized spacial score (nSPS) is 11.6. The number of aromatic nitrogens is 6. The van der Waals surface area contributed by atoms with Crippen LogP contribution in [-0.2, 0) is 7.05 Å². The van der Waals surface area contributed by atoms with Crippen molar-refractivity contribution < 1.29 is 4.39 Å². The predicted octanol–water partition coefficient (Wildman–Crippen LogP) is 5.62. The maximum absolute atomic E-state index is 13.8. The van der Waals surface area contributed by atoms with Crippen LogP contribution in [0.15, 0.2) is 67.1 Å². The average Bonchev–Trinajstić information content (AvgIpc) is 3.50. The second-order valence-electron chi connectivity index (χ2n) is 7.92. The molecule has 0 saturated heterocycles. The molecule has 6 rings (SSSR count). The van der Waals surface area contributed by atoms with E-state index in [1.54, 1.807) is 18.5 Å². The summed E-state index contributed by atoms with van der Waals surface area (Å²) in [5.74, 6) is 0.687. The van der Waals surface area contributed by atoms with Crippen LogP contribution in [0.5, 0.6) is 0 Å². The molecule has 6 nitrogen and oxygen atoms in total. The largest absolute Gasteiger partial charge is 0.352 e. The molecule has 0 aliphatic carbocycles. The highest BCUT2D eigenvalue weighted by Gasteiger charge is 2.15. The molecule has 7 heteroatoms. The number of fused-ring (bicyclic) bond motifs is 2. The first-order valence-corrected chi connectivity index (χ1v) is 10.3. The van der Waals surface area contributed by atoms with Gasteiger partial charge in [-0.1, -0.05) is 18.2 Å². The van der Waals surface area contributed by atoms with Gasteiger partial charge in [0, 0.05) is 35.1 Å². The maximum atomic E-state index is 13.8. The van der Waals surface area contributed by atoms with Crippen molar-refractivity contribution in [3.05, 3.63) is 78.8 Å². The van der Waals surface area contributed by atoms with Crippen molar-refractivity contribution in [2.45, 2.75) is 6.92 Å². The van der Waals surface area contributed by atoms with E-state index in [2.05, 4.69) is 41.8 Å². The summed E-state index contributed by atoms with van der Waals surface area (Å²) in [6, 6.07) is 14.8. The minimum absolute atomic E-state index is 0.272. The highest BCUT2D eigenvalue weighted by atomic mass is 19.1. The molecule has 0 amide bonds. The second-order valence-corrected chi connectivity index (χ2v) is 7.92. The third-order valence-corrected chi connectivity index (χ3v) is 6.02. The lowest BCUT2D eigenvalue weighted by Crippen LogP contribution is -1.94. The summed E-state index contributed by atoms with van der Waals surface area (Å²) in [5.41, 5.74) is 7.29. The Bertz CT molecular complexity index is 1620. The molecule has 0 fully saturated rings. The van der Waals surface area contributed by atoms with E-state index in [1.165, 1.54) is 12.1 Å². The van der Waals surface area contributed by atoms with Crippen LogP contribution < -0.4 is 0 Å². The Morgan fingerprint density at radius 3 is 2.62 bits per heavy atom. The number of pyridine rings is 1. The zero-order valence-electron chi connectivity index (χ0n) is 17.5. The number of halogens is 1. The van der Waals surface area contributed by atoms with Crippen molar-refractivity contribution in [2.24, 2.45) is 7.05 Å². The molecule has 0 bridgehead atoms. The first kappa shape index (κ1) is 18.5. The summed E-state index contributed by atoms with van der Waals surface area (Å²) < 4.78 is 15.9. The Labute approximate surface area is 182 Å². The van der Waals surface area contributed by atoms with E-state index < -0.39 is 0 Å². The number of imidazole rings is 1. The van der Waals surface area contributed by atoms with Gasteiger partial charge < -0.3 is 9.55 Å². The summed E-state index contributed by atoms with van der Waals surface area (Å²) in [6.07, 6.45) is 5.43. The van der Waals surface area contributed by atoms with E-state index in [4.69, 9.17) is 0 Å². The van der Waals surface area contributed by atoms with Gasteiger partial charge in [-0.3, -0.25) is 10.1 Å². The average molecular weight is 422 g/mol. The van der Waals surface area contributed by atoms with Gasteiger partial charge in [-0.15, -0.1) is 0 Å². The summed E-state index contributed by atoms with van der Waals surface area (Å²) in [7, 11) is 2.01. The third kappa shape index (κ3) is 2.82. The molecule has 4 aromatic heterocycles. The molecular weight excluding hydrogens is 403 g/mol. The topological polar surface area (TPSA) is 75.2 Å². The molecule has 6 aromatic rings. The number of rotatable bonds is 3. The maximum Gasteiger partial charge on any atom is 0.123 e. The molecule has 4 heterocycles. The summed E-state index contributed by atoms with van der Waals surface area (Å²) in [5, 5.41) is 9.68. The summed E-state index contributed by atoms with van der Waals surface area (Å²) >= 11 is 0. The van der Waals surface area contributed by atoms with Crippen LogP contribution in [0, 0.1) is 12.7 Å². The van der Waals surface area contributed by atoms with E-state index in [-0.39, 0.29) is 5.82 Å². The van der Waals surface area contributed by atoms with Crippen LogP contribution in [0.25, 0.3) is 55.6 Å². The molecular formula is C25H19FN6. The summed E-state index contributed by atoms with van der Waals surface area (Å²) in [4.78, 5) is 12.2. The van der Waals surface area contributed by atoms with Crippen LogP contribution in [0.1, 0.15) is 5.82 Å². The predicted molar refractivity (Wildman–Crippen MR) is 124 cm³/mol. The van der Waals surface area contributed by atoms with Gasteiger partial charge in [0.05, 0.1) is 34.8 Å². The smallest absolute Gasteiger partial charge is 0.123 e. The molecule has 2 aromatic carbocycles. The van der Waals surface area contributed by atoms with Crippen molar-refractivity contribution in [1.82, 2.24) is 29.7 Å². The van der Waals surface area contributed by atoms with Crippen molar-refractivity contribution in [3.8, 4) is 33.8 Å². The Balaban J connectivity index is 1.52. The van der Waals surface area contributed by atoms with Gasteiger partial charge in [0.25, 0.3) is 0 Å². The van der Waals surface area contributed by atoms with Gasteiger partial charge in [-0.25, -0.2) is 9.37 Å². The number of hydrogen-bond donors (Lipinski definition) is 2. The van der Waals surface area contributed by atoms with E-state index in [0.29, 0.717) is 0 Å². The van der Waals surface area contributed by atoms with Crippen molar-refractivity contribution in [2.75, 3.05) is 0 Å². The molecule has 0 saturated carbocycles. The molecule has 0 aliphatic rings. The fourth-order valence-corrected chi connectivity index (χ4v) is 4.21. The molecule has 0 aliphatic heterocycles. The lowest BCUT2D eigenvalue weighted by atomic mass is 10.0. The van der Waals surface area contributed by atoms with Crippen LogP contribution in [-0.4, -0.2) is 29.7 Å². The molecule has 0 radical (unpaired) electrons. The van der Waals surface area contributed by atoms with E-state index in [0.717, 1.165) is 61.4 Å². The number of nitrogens with one attached hydrogen (secondary N) is 2. The number of H-pyrrole nitrogens is 2. The van der Waals surface area contributed by atoms with Gasteiger partial charge in [0.2, 0.25) is 0 Å². The summed E-state index contributed by atoms with van der Waals surface area (Å²) in [6.45, 7) is 1.99. The van der Waals surface area contributed by atoms with Crippen molar-refractivity contribution in [1.29, 1.82) is 0 Å². The minimum Gasteiger partial charge on any atom is -0.352 e. The zero-order chi connectivity index (χ0) is 21.8. The zero-order valence-corrected chi connectivity index (χ0v) is 17.5. The molecule has 0 spiro atoms. The lowest BCUT2D eigenvalue weighted by Gasteiger charge is -2.04. The fraction of sp³-hybridized carbons (Fsp3) is 0.0800. The number of hydrogen-bond acceptors (Lipinski definition) is 3. The SMILES string of the molecule is Cc1ncc(-c2ccc3[nH]nc(-c4cc5c(-c6cccc(F)c6)cncc5[nH]4)c3c2)n1C. The monoisotopic (exact) mass is 422 g/mol. The first-order valence-electron chi connectivity index (χ1n) is 10.3. The minimum atomic E-state index is -0.272. The van der Waals surface area contributed by atoms with Crippen LogP contribution in [0.3, 0.4) is 0 Å². The fourth-order valence-electron chi connectivity index (χ4n) is 4.21. The first-order chi connectivity index (χ1) is 15.6. The van der Waals surface area contributed by atoms with E-state index in [9.17, 15) is 4.39 Å². The van der Waals surface area contributed by atoms with Gasteiger partial charge >= 0.3 is 0 Å². The van der Waals surface area contributed by atoms with Gasteiger partial charge in [-0.05, 0) is 42.8 Å². The quantitative estimate of drug-likeness (QED) is 0.389. The number of aryl methyl sites for hydroxylation is 1. The molecule has 2 N–H and O–H groups in total. The number of nitrogens with zero attached hydrogens (tertiary/aromatic N) is 4. The molecule has 32 heavy (non-hydrogen) atoms. The molecule has 156 valence electrons. The van der Waals surface area contributed by atoms with E-state index in [1.807, 2.05) is 38.4 Å². The van der Waals surface area contributed by atoms with E-state index >= 15 is 0 Å². The van der Waals surface area contributed by atoms with Crippen molar-refractivity contribution in [3.63, 3.8) is 0 Å². The van der Waals surface area contributed by atoms with Crippen molar-refractivity contribution >= 4 is 21.8 Å². The molecule has 0 atom stereocenters. The van der Waals surface area contributed by atoms with Crippen LogP contribution in [0.4, 0.5) is 4.39 Å². The van der Waals surface area contributed by atoms with Crippen LogP contribution >= 0.6 is 0 Å². The van der Waals surface area contributed by atoms with Gasteiger partial charge in [0.15, 0.2) is 0 Å². The highest BCUT2D eigenvalue weighted by molar-refractivity contribution is 6.01. The standard InChI is InChI=1S/C25H19FN6/c1-14-28-13-24(32(14)2)16-6-7-21-19(9-16)25(31-30-21)22-10-18-20(11-27-12-23(18)29-22)15-4-3-5-17(26)8-15/h3-13,29H,1-2H3,(H,30,31). The second kappa shape index (κ2) is 6.88. The van der Waals surface area contributed by atoms with Gasteiger partial charge in [-0.2, -0.15) is 5.10 Å².